The Morgan fingerprint density at radius 2 is 2.10 bits per heavy atom. The van der Waals surface area contributed by atoms with Crippen molar-refractivity contribution in [3.63, 3.8) is 0 Å². The highest BCUT2D eigenvalue weighted by molar-refractivity contribution is 6.30. The summed E-state index contributed by atoms with van der Waals surface area (Å²) in [6.07, 6.45) is 1.36. The number of halogens is 2. The minimum atomic E-state index is -0.643. The molecule has 2 rings (SSSR count). The van der Waals surface area contributed by atoms with E-state index in [1.165, 1.54) is 11.0 Å². The van der Waals surface area contributed by atoms with Crippen LogP contribution in [0, 0.1) is 0 Å². The van der Waals surface area contributed by atoms with Gasteiger partial charge in [-0.25, -0.2) is 9.18 Å². The summed E-state index contributed by atoms with van der Waals surface area (Å²) in [5.41, 5.74) is 6.28. The molecule has 0 radical (unpaired) electrons. The van der Waals surface area contributed by atoms with Gasteiger partial charge in [-0.15, -0.1) is 0 Å². The summed E-state index contributed by atoms with van der Waals surface area (Å²) in [6.45, 7) is 6.41. The lowest BCUT2D eigenvalue weighted by Crippen LogP contribution is -2.49. The van der Waals surface area contributed by atoms with E-state index in [1.807, 2.05) is 4.90 Å². The number of amides is 1. The Morgan fingerprint density at radius 3 is 2.67 bits per heavy atom. The summed E-state index contributed by atoms with van der Waals surface area (Å²) in [6, 6.07) is 0. The molecule has 1 unspecified atom stereocenters. The zero-order chi connectivity index (χ0) is 15.8. The van der Waals surface area contributed by atoms with Crippen molar-refractivity contribution in [2.24, 2.45) is 5.73 Å². The molecule has 2 N–H and O–H groups in total. The molecule has 0 aromatic heterocycles. The maximum Gasteiger partial charge on any atom is 0.413 e. The first kappa shape index (κ1) is 16.1. The molecule has 1 aliphatic heterocycles. The zero-order valence-corrected chi connectivity index (χ0v) is 13.3. The van der Waals surface area contributed by atoms with E-state index >= 15 is 0 Å². The first-order valence-corrected chi connectivity index (χ1v) is 7.33. The fourth-order valence-corrected chi connectivity index (χ4v) is 2.51. The Bertz CT molecular complexity index is 499. The van der Waals surface area contributed by atoms with Gasteiger partial charge in [0.2, 0.25) is 0 Å². The second kappa shape index (κ2) is 5.85. The molecule has 1 fully saturated rings. The molecule has 0 aromatic carbocycles. The summed E-state index contributed by atoms with van der Waals surface area (Å²) in [5, 5.41) is 0.232. The molecular formula is C14H21ClFN3O2. The molecular weight excluding hydrogens is 297 g/mol. The van der Waals surface area contributed by atoms with E-state index in [2.05, 4.69) is 0 Å². The molecule has 5 nitrogen and oxygen atoms in total. The van der Waals surface area contributed by atoms with Crippen LogP contribution in [0.1, 0.15) is 33.6 Å². The van der Waals surface area contributed by atoms with Crippen LogP contribution in [-0.2, 0) is 4.74 Å². The van der Waals surface area contributed by atoms with Crippen molar-refractivity contribution in [1.82, 2.24) is 9.80 Å². The quantitative estimate of drug-likeness (QED) is 0.808. The minimum absolute atomic E-state index is 0.232. The smallest absolute Gasteiger partial charge is 0.413 e. The van der Waals surface area contributed by atoms with Gasteiger partial charge in [0.1, 0.15) is 11.4 Å². The van der Waals surface area contributed by atoms with E-state index in [0.29, 0.717) is 25.9 Å². The number of allylic oxidation sites excluding steroid dienone is 4. The molecule has 2 aliphatic rings. The van der Waals surface area contributed by atoms with Crippen LogP contribution in [0.3, 0.4) is 0 Å². The number of hydrogen-bond donors (Lipinski definition) is 1. The maximum absolute atomic E-state index is 13.6. The Balaban J connectivity index is 2.07. The number of hydrogen-bond acceptors (Lipinski definition) is 4. The Hall–Kier alpha value is -1.27. The van der Waals surface area contributed by atoms with Crippen molar-refractivity contribution in [3.8, 4) is 0 Å². The van der Waals surface area contributed by atoms with Crippen LogP contribution < -0.4 is 5.73 Å². The van der Waals surface area contributed by atoms with Gasteiger partial charge >= 0.3 is 6.09 Å². The van der Waals surface area contributed by atoms with E-state index in [1.54, 1.807) is 20.8 Å². The van der Waals surface area contributed by atoms with Crippen molar-refractivity contribution < 1.29 is 13.9 Å². The molecule has 1 amide bonds. The molecule has 0 spiro atoms. The highest BCUT2D eigenvalue weighted by atomic mass is 35.5. The average molecular weight is 318 g/mol. The number of nitrogens with two attached hydrogens (primary N) is 1. The van der Waals surface area contributed by atoms with E-state index < -0.39 is 23.8 Å². The van der Waals surface area contributed by atoms with Crippen LogP contribution in [0.4, 0.5) is 9.18 Å². The molecule has 0 aromatic rings. The summed E-state index contributed by atoms with van der Waals surface area (Å²) in [5.74, 6) is -0.430. The van der Waals surface area contributed by atoms with Gasteiger partial charge in [-0.05, 0) is 39.7 Å². The number of carbonyl (C=O) groups excluding carboxylic acids is 1. The predicted octanol–water partition coefficient (Wildman–Crippen LogP) is 2.88. The van der Waals surface area contributed by atoms with Crippen LogP contribution in [0.25, 0.3) is 0 Å². The SMILES string of the molecule is CC(C)(C)OC(=O)N1CCN(C2=CC(F)=C(Cl)CC2)C1N. The van der Waals surface area contributed by atoms with Gasteiger partial charge in [-0.1, -0.05) is 11.6 Å². The third-order valence-corrected chi connectivity index (χ3v) is 3.74. The predicted molar refractivity (Wildman–Crippen MR) is 78.9 cm³/mol. The van der Waals surface area contributed by atoms with E-state index in [-0.39, 0.29) is 5.03 Å². The highest BCUT2D eigenvalue weighted by Crippen LogP contribution is 2.31. The lowest BCUT2D eigenvalue weighted by atomic mass is 10.1. The van der Waals surface area contributed by atoms with Crippen LogP contribution in [0.2, 0.25) is 0 Å². The normalized spacial score (nSPS) is 23.5. The summed E-state index contributed by atoms with van der Waals surface area (Å²) < 4.78 is 18.9. The van der Waals surface area contributed by atoms with Crippen molar-refractivity contribution >= 4 is 17.7 Å². The van der Waals surface area contributed by atoms with Crippen molar-refractivity contribution in [2.45, 2.75) is 45.5 Å². The van der Waals surface area contributed by atoms with Gasteiger partial charge in [-0.2, -0.15) is 0 Å². The molecule has 1 heterocycles. The zero-order valence-electron chi connectivity index (χ0n) is 12.5. The number of carbonyl (C=O) groups is 1. The van der Waals surface area contributed by atoms with E-state index in [9.17, 15) is 9.18 Å². The average Bonchev–Trinajstić information content (AvgIpc) is 2.73. The summed E-state index contributed by atoms with van der Waals surface area (Å²) in [4.78, 5) is 15.3. The molecule has 118 valence electrons. The molecule has 0 bridgehead atoms. The molecule has 1 saturated heterocycles. The molecule has 1 aliphatic carbocycles. The van der Waals surface area contributed by atoms with Gasteiger partial charge in [0.25, 0.3) is 0 Å². The Labute approximate surface area is 129 Å². The Morgan fingerprint density at radius 1 is 1.43 bits per heavy atom. The lowest BCUT2D eigenvalue weighted by molar-refractivity contribution is 0.0166. The second-order valence-electron chi connectivity index (χ2n) is 6.17. The largest absolute Gasteiger partial charge is 0.444 e. The topological polar surface area (TPSA) is 58.8 Å². The fraction of sp³-hybridized carbons (Fsp3) is 0.643. The van der Waals surface area contributed by atoms with Crippen LogP contribution >= 0.6 is 11.6 Å². The summed E-state index contributed by atoms with van der Waals surface area (Å²) >= 11 is 5.75. The third-order valence-electron chi connectivity index (χ3n) is 3.37. The highest BCUT2D eigenvalue weighted by Gasteiger charge is 2.36. The third kappa shape index (κ3) is 3.68. The monoisotopic (exact) mass is 317 g/mol. The van der Waals surface area contributed by atoms with Crippen molar-refractivity contribution in [1.29, 1.82) is 0 Å². The lowest BCUT2D eigenvalue weighted by Gasteiger charge is -2.32. The fourth-order valence-electron chi connectivity index (χ4n) is 2.36. The molecule has 21 heavy (non-hydrogen) atoms. The van der Waals surface area contributed by atoms with Crippen LogP contribution in [0.5, 0.6) is 0 Å². The van der Waals surface area contributed by atoms with E-state index in [4.69, 9.17) is 22.1 Å². The van der Waals surface area contributed by atoms with Crippen LogP contribution in [-0.4, -0.2) is 40.9 Å². The van der Waals surface area contributed by atoms with Gasteiger partial charge in [-0.3, -0.25) is 10.6 Å². The van der Waals surface area contributed by atoms with Crippen molar-refractivity contribution in [2.75, 3.05) is 13.1 Å². The van der Waals surface area contributed by atoms with Gasteiger partial charge in [0, 0.05) is 18.8 Å². The number of rotatable bonds is 1. The van der Waals surface area contributed by atoms with Crippen LogP contribution in [0.15, 0.2) is 22.6 Å². The number of ether oxygens (including phenoxy) is 1. The summed E-state index contributed by atoms with van der Waals surface area (Å²) in [7, 11) is 0. The van der Waals surface area contributed by atoms with Crippen molar-refractivity contribution in [3.05, 3.63) is 22.6 Å². The molecule has 7 heteroatoms. The van der Waals surface area contributed by atoms with E-state index in [0.717, 1.165) is 5.70 Å². The molecule has 1 atom stereocenters. The minimum Gasteiger partial charge on any atom is -0.444 e. The van der Waals surface area contributed by atoms with Gasteiger partial charge in [0.15, 0.2) is 6.29 Å². The molecule has 0 saturated carbocycles. The standard InChI is InChI=1S/C14H21ClFN3O2/c1-14(2,3)21-13(20)19-7-6-18(12(19)17)9-4-5-10(15)11(16)8-9/h8,12H,4-7,17H2,1-3H3. The maximum atomic E-state index is 13.6. The Kier molecular flexibility index (Phi) is 4.49. The number of nitrogens with zero attached hydrogens (tertiary/aromatic N) is 2. The van der Waals surface area contributed by atoms with Gasteiger partial charge in [0.05, 0.1) is 5.03 Å². The first-order chi connectivity index (χ1) is 9.69. The second-order valence-corrected chi connectivity index (χ2v) is 6.63. The van der Waals surface area contributed by atoms with Gasteiger partial charge < -0.3 is 9.64 Å². The first-order valence-electron chi connectivity index (χ1n) is 6.95.